The number of rotatable bonds is 6. The van der Waals surface area contributed by atoms with Gasteiger partial charge in [-0.15, -0.1) is 0 Å². The van der Waals surface area contributed by atoms with Gasteiger partial charge in [-0.1, -0.05) is 18.2 Å². The molecule has 5 nitrogen and oxygen atoms in total. The molecule has 0 atom stereocenters. The lowest BCUT2D eigenvalue weighted by molar-refractivity contribution is 0.0563. The van der Waals surface area contributed by atoms with Crippen molar-refractivity contribution in [2.45, 2.75) is 13.1 Å². The molecule has 0 amide bonds. The van der Waals surface area contributed by atoms with Crippen molar-refractivity contribution < 1.29 is 18.7 Å². The number of ether oxygens (including phenoxy) is 2. The maximum absolute atomic E-state index is 11.5. The highest BCUT2D eigenvalue weighted by molar-refractivity contribution is 5.87. The standard InChI is InChI=1S/C15H17NO4/c1-18-13-6-4-3-5-11(13)9-16-10-12-7-8-20-14(12)15(17)19-2/h3-8,16H,9-10H2,1-2H3. The molecule has 1 heterocycles. The molecule has 106 valence electrons. The monoisotopic (exact) mass is 275 g/mol. The smallest absolute Gasteiger partial charge is 0.374 e. The third-order valence-corrected chi connectivity index (χ3v) is 2.94. The molecule has 1 N–H and O–H groups in total. The molecule has 0 radical (unpaired) electrons. The topological polar surface area (TPSA) is 60.7 Å². The van der Waals surface area contributed by atoms with Crippen LogP contribution in [0.3, 0.4) is 0 Å². The number of para-hydroxylation sites is 1. The van der Waals surface area contributed by atoms with Gasteiger partial charge in [0.05, 0.1) is 20.5 Å². The second-order valence-electron chi connectivity index (χ2n) is 4.18. The van der Waals surface area contributed by atoms with E-state index in [4.69, 9.17) is 9.15 Å². The van der Waals surface area contributed by atoms with E-state index in [1.165, 1.54) is 13.4 Å². The molecule has 0 saturated heterocycles. The summed E-state index contributed by atoms with van der Waals surface area (Å²) in [6.45, 7) is 1.15. The van der Waals surface area contributed by atoms with Crippen molar-refractivity contribution >= 4 is 5.97 Å². The fourth-order valence-corrected chi connectivity index (χ4v) is 1.93. The van der Waals surface area contributed by atoms with Gasteiger partial charge >= 0.3 is 5.97 Å². The first-order valence-corrected chi connectivity index (χ1v) is 6.23. The first-order valence-electron chi connectivity index (χ1n) is 6.23. The first-order chi connectivity index (χ1) is 9.76. The lowest BCUT2D eigenvalue weighted by Gasteiger charge is -2.09. The van der Waals surface area contributed by atoms with Gasteiger partial charge in [0, 0.05) is 24.2 Å². The van der Waals surface area contributed by atoms with E-state index in [-0.39, 0.29) is 5.76 Å². The Morgan fingerprint density at radius 2 is 1.90 bits per heavy atom. The summed E-state index contributed by atoms with van der Waals surface area (Å²) in [6.07, 6.45) is 1.48. The molecule has 0 saturated carbocycles. The van der Waals surface area contributed by atoms with Crippen molar-refractivity contribution in [1.82, 2.24) is 5.32 Å². The van der Waals surface area contributed by atoms with Crippen LogP contribution < -0.4 is 10.1 Å². The van der Waals surface area contributed by atoms with E-state index in [1.54, 1.807) is 13.2 Å². The minimum Gasteiger partial charge on any atom is -0.496 e. The quantitative estimate of drug-likeness (QED) is 0.820. The largest absolute Gasteiger partial charge is 0.496 e. The van der Waals surface area contributed by atoms with Crippen LogP contribution in [0.1, 0.15) is 21.7 Å². The minimum atomic E-state index is -0.468. The maximum Gasteiger partial charge on any atom is 0.374 e. The number of hydrogen-bond donors (Lipinski definition) is 1. The Balaban J connectivity index is 1.96. The van der Waals surface area contributed by atoms with Crippen LogP contribution in [0.2, 0.25) is 0 Å². The van der Waals surface area contributed by atoms with Gasteiger partial charge < -0.3 is 19.2 Å². The Bertz CT molecular complexity index is 577. The third kappa shape index (κ3) is 3.19. The van der Waals surface area contributed by atoms with Gasteiger partial charge in [-0.05, 0) is 12.1 Å². The number of carbonyl (C=O) groups is 1. The van der Waals surface area contributed by atoms with Crippen LogP contribution in [0.5, 0.6) is 5.75 Å². The van der Waals surface area contributed by atoms with E-state index in [2.05, 4.69) is 10.1 Å². The lowest BCUT2D eigenvalue weighted by atomic mass is 10.2. The van der Waals surface area contributed by atoms with Crippen molar-refractivity contribution in [2.75, 3.05) is 14.2 Å². The summed E-state index contributed by atoms with van der Waals surface area (Å²) < 4.78 is 15.1. The Morgan fingerprint density at radius 3 is 2.65 bits per heavy atom. The Hall–Kier alpha value is -2.27. The second-order valence-corrected chi connectivity index (χ2v) is 4.18. The zero-order chi connectivity index (χ0) is 14.4. The highest BCUT2D eigenvalue weighted by Crippen LogP contribution is 2.17. The van der Waals surface area contributed by atoms with Crippen molar-refractivity contribution in [1.29, 1.82) is 0 Å². The summed E-state index contributed by atoms with van der Waals surface area (Å²) in [5.74, 6) is 0.601. The number of hydrogen-bond acceptors (Lipinski definition) is 5. The van der Waals surface area contributed by atoms with E-state index in [0.29, 0.717) is 13.1 Å². The molecule has 1 aromatic carbocycles. The average Bonchev–Trinajstić information content (AvgIpc) is 2.95. The fraction of sp³-hybridized carbons (Fsp3) is 0.267. The molecule has 0 spiro atoms. The molecule has 1 aromatic heterocycles. The lowest BCUT2D eigenvalue weighted by Crippen LogP contribution is -2.15. The zero-order valence-electron chi connectivity index (χ0n) is 11.5. The van der Waals surface area contributed by atoms with Gasteiger partial charge in [0.15, 0.2) is 0 Å². The molecule has 5 heteroatoms. The van der Waals surface area contributed by atoms with Gasteiger partial charge in [-0.2, -0.15) is 0 Å². The summed E-state index contributed by atoms with van der Waals surface area (Å²) >= 11 is 0. The van der Waals surface area contributed by atoms with Crippen molar-refractivity contribution in [3.8, 4) is 5.75 Å². The summed E-state index contributed by atoms with van der Waals surface area (Å²) in [5.41, 5.74) is 1.82. The van der Waals surface area contributed by atoms with E-state index in [9.17, 15) is 4.79 Å². The molecule has 0 bridgehead atoms. The molecule has 0 fully saturated rings. The minimum absolute atomic E-state index is 0.236. The second kappa shape index (κ2) is 6.77. The number of methoxy groups -OCH3 is 2. The van der Waals surface area contributed by atoms with Crippen LogP contribution in [0, 0.1) is 0 Å². The van der Waals surface area contributed by atoms with Gasteiger partial charge in [-0.25, -0.2) is 4.79 Å². The number of esters is 1. The molecule has 2 rings (SSSR count). The number of carbonyl (C=O) groups excluding carboxylic acids is 1. The summed E-state index contributed by atoms with van der Waals surface area (Å²) in [7, 11) is 2.97. The molecular weight excluding hydrogens is 258 g/mol. The van der Waals surface area contributed by atoms with Crippen molar-refractivity contribution in [3.05, 3.63) is 53.5 Å². The normalized spacial score (nSPS) is 10.3. The van der Waals surface area contributed by atoms with E-state index >= 15 is 0 Å². The van der Waals surface area contributed by atoms with Crippen LogP contribution in [-0.2, 0) is 17.8 Å². The SMILES string of the molecule is COC(=O)c1occc1CNCc1ccccc1OC. The third-order valence-electron chi connectivity index (χ3n) is 2.94. The maximum atomic E-state index is 11.5. The number of benzene rings is 1. The number of nitrogens with one attached hydrogen (secondary N) is 1. The van der Waals surface area contributed by atoms with Crippen molar-refractivity contribution in [3.63, 3.8) is 0 Å². The zero-order valence-corrected chi connectivity index (χ0v) is 11.5. The summed E-state index contributed by atoms with van der Waals surface area (Å²) in [4.78, 5) is 11.5. The Labute approximate surface area is 117 Å². The highest BCUT2D eigenvalue weighted by atomic mass is 16.5. The van der Waals surface area contributed by atoms with E-state index in [1.807, 2.05) is 24.3 Å². The molecule has 0 aliphatic carbocycles. The molecule has 0 unspecified atom stereocenters. The fourth-order valence-electron chi connectivity index (χ4n) is 1.93. The molecule has 0 aliphatic rings. The van der Waals surface area contributed by atoms with E-state index in [0.717, 1.165) is 16.9 Å². The number of furan rings is 1. The molecule has 0 aliphatic heterocycles. The van der Waals surface area contributed by atoms with Crippen LogP contribution in [0.4, 0.5) is 0 Å². The van der Waals surface area contributed by atoms with Crippen LogP contribution in [-0.4, -0.2) is 20.2 Å². The molecule has 20 heavy (non-hydrogen) atoms. The molecule has 2 aromatic rings. The Kier molecular flexibility index (Phi) is 4.79. The molecular formula is C15H17NO4. The van der Waals surface area contributed by atoms with E-state index < -0.39 is 5.97 Å². The summed E-state index contributed by atoms with van der Waals surface area (Å²) in [6, 6.07) is 9.53. The van der Waals surface area contributed by atoms with Crippen LogP contribution in [0.25, 0.3) is 0 Å². The van der Waals surface area contributed by atoms with Crippen LogP contribution >= 0.6 is 0 Å². The predicted octanol–water partition coefficient (Wildman–Crippen LogP) is 2.36. The first kappa shape index (κ1) is 14.1. The highest BCUT2D eigenvalue weighted by Gasteiger charge is 2.15. The summed E-state index contributed by atoms with van der Waals surface area (Å²) in [5, 5.41) is 3.25. The van der Waals surface area contributed by atoms with Gasteiger partial charge in [-0.3, -0.25) is 0 Å². The average molecular weight is 275 g/mol. The van der Waals surface area contributed by atoms with Gasteiger partial charge in [0.25, 0.3) is 0 Å². The predicted molar refractivity (Wildman–Crippen MR) is 73.6 cm³/mol. The van der Waals surface area contributed by atoms with Gasteiger partial charge in [0.2, 0.25) is 5.76 Å². The Morgan fingerprint density at radius 1 is 1.15 bits per heavy atom. The van der Waals surface area contributed by atoms with Gasteiger partial charge in [0.1, 0.15) is 5.75 Å². The van der Waals surface area contributed by atoms with Crippen LogP contribution in [0.15, 0.2) is 41.0 Å². The van der Waals surface area contributed by atoms with Crippen molar-refractivity contribution in [2.24, 2.45) is 0 Å².